The van der Waals surface area contributed by atoms with Crippen molar-refractivity contribution < 1.29 is 34.2 Å². The maximum atomic E-state index is 12.8. The average Bonchev–Trinajstić information content (AvgIpc) is 2.71. The van der Waals surface area contributed by atoms with Gasteiger partial charge in [0.05, 0.1) is 6.04 Å². The SMILES string of the molecule is CCC(C)C(NC(=O)C(CCC(=O)O)NC(=O)C(N)CCSC)C(=O)NC(C)C(=O)O. The fourth-order valence-electron chi connectivity index (χ4n) is 2.51. The summed E-state index contributed by atoms with van der Waals surface area (Å²) >= 11 is 1.51. The Morgan fingerprint density at radius 2 is 1.55 bits per heavy atom. The summed E-state index contributed by atoms with van der Waals surface area (Å²) in [6, 6.07) is -4.29. The summed E-state index contributed by atoms with van der Waals surface area (Å²) < 4.78 is 0. The van der Waals surface area contributed by atoms with Crippen molar-refractivity contribution in [2.75, 3.05) is 12.0 Å². The second-order valence-electron chi connectivity index (χ2n) is 7.32. The highest BCUT2D eigenvalue weighted by Crippen LogP contribution is 2.10. The number of hydrogen-bond acceptors (Lipinski definition) is 7. The fourth-order valence-corrected chi connectivity index (χ4v) is 3.00. The molecule has 0 rings (SSSR count). The molecule has 0 saturated carbocycles. The lowest BCUT2D eigenvalue weighted by molar-refractivity contribution is -0.142. The van der Waals surface area contributed by atoms with Gasteiger partial charge in [0.15, 0.2) is 0 Å². The molecule has 7 N–H and O–H groups in total. The third-order valence-electron chi connectivity index (χ3n) is 4.77. The van der Waals surface area contributed by atoms with Crippen LogP contribution in [-0.4, -0.2) is 76.0 Å². The van der Waals surface area contributed by atoms with E-state index in [4.69, 9.17) is 15.9 Å². The molecule has 0 saturated heterocycles. The molecule has 3 amide bonds. The fraction of sp³-hybridized carbons (Fsp3) is 0.737. The molecule has 0 aromatic heterocycles. The molecule has 12 heteroatoms. The van der Waals surface area contributed by atoms with Gasteiger partial charge < -0.3 is 31.9 Å². The predicted molar refractivity (Wildman–Crippen MR) is 116 cm³/mol. The highest BCUT2D eigenvalue weighted by molar-refractivity contribution is 7.98. The van der Waals surface area contributed by atoms with Crippen molar-refractivity contribution in [3.63, 3.8) is 0 Å². The van der Waals surface area contributed by atoms with Crippen molar-refractivity contribution in [3.8, 4) is 0 Å². The zero-order chi connectivity index (χ0) is 24.1. The Morgan fingerprint density at radius 1 is 0.935 bits per heavy atom. The van der Waals surface area contributed by atoms with Crippen LogP contribution in [0, 0.1) is 5.92 Å². The van der Waals surface area contributed by atoms with Gasteiger partial charge in [-0.1, -0.05) is 20.3 Å². The van der Waals surface area contributed by atoms with E-state index in [2.05, 4.69) is 16.0 Å². The quantitative estimate of drug-likeness (QED) is 0.187. The Balaban J connectivity index is 5.41. The number of nitrogens with two attached hydrogens (primary N) is 1. The topological polar surface area (TPSA) is 188 Å². The molecule has 0 aliphatic rings. The van der Waals surface area contributed by atoms with E-state index >= 15 is 0 Å². The van der Waals surface area contributed by atoms with E-state index in [1.807, 2.05) is 6.26 Å². The van der Waals surface area contributed by atoms with Gasteiger partial charge in [-0.05, 0) is 37.7 Å². The summed E-state index contributed by atoms with van der Waals surface area (Å²) in [4.78, 5) is 59.7. The largest absolute Gasteiger partial charge is 0.481 e. The first-order valence-corrected chi connectivity index (χ1v) is 11.4. The predicted octanol–water partition coefficient (Wildman–Crippen LogP) is -0.463. The number of aliphatic carboxylic acids is 2. The van der Waals surface area contributed by atoms with Crippen molar-refractivity contribution in [1.82, 2.24) is 16.0 Å². The zero-order valence-corrected chi connectivity index (χ0v) is 19.2. The van der Waals surface area contributed by atoms with Crippen LogP contribution < -0.4 is 21.7 Å². The van der Waals surface area contributed by atoms with Gasteiger partial charge in [0.1, 0.15) is 18.1 Å². The lowest BCUT2D eigenvalue weighted by Crippen LogP contribution is -2.58. The first kappa shape index (κ1) is 28.7. The highest BCUT2D eigenvalue weighted by atomic mass is 32.2. The number of nitrogens with one attached hydrogen (secondary N) is 3. The van der Waals surface area contributed by atoms with Crippen molar-refractivity contribution in [2.24, 2.45) is 11.7 Å². The lowest BCUT2D eigenvalue weighted by Gasteiger charge is -2.27. The second kappa shape index (κ2) is 14.6. The summed E-state index contributed by atoms with van der Waals surface area (Å²) in [6.45, 7) is 4.80. The molecule has 31 heavy (non-hydrogen) atoms. The van der Waals surface area contributed by atoms with Gasteiger partial charge in [0, 0.05) is 6.42 Å². The Bertz CT molecular complexity index is 647. The number of carboxylic acids is 2. The van der Waals surface area contributed by atoms with Gasteiger partial charge in [-0.3, -0.25) is 24.0 Å². The van der Waals surface area contributed by atoms with Crippen LogP contribution >= 0.6 is 11.8 Å². The summed E-state index contributed by atoms with van der Waals surface area (Å²) in [5.74, 6) is -4.10. The number of rotatable bonds is 15. The monoisotopic (exact) mass is 462 g/mol. The van der Waals surface area contributed by atoms with Crippen LogP contribution in [0.15, 0.2) is 0 Å². The summed E-state index contributed by atoms with van der Waals surface area (Å²) in [5.41, 5.74) is 5.82. The van der Waals surface area contributed by atoms with Gasteiger partial charge >= 0.3 is 11.9 Å². The number of carbonyl (C=O) groups is 5. The van der Waals surface area contributed by atoms with E-state index in [0.29, 0.717) is 18.6 Å². The molecule has 0 spiro atoms. The molecule has 0 aromatic rings. The third kappa shape index (κ3) is 11.0. The number of carbonyl (C=O) groups excluding carboxylic acids is 3. The van der Waals surface area contributed by atoms with Crippen molar-refractivity contribution >= 4 is 41.4 Å². The van der Waals surface area contributed by atoms with Gasteiger partial charge in [0.2, 0.25) is 17.7 Å². The van der Waals surface area contributed by atoms with E-state index in [-0.39, 0.29) is 18.8 Å². The normalized spacial score (nSPS) is 15.6. The Morgan fingerprint density at radius 3 is 2.03 bits per heavy atom. The minimum Gasteiger partial charge on any atom is -0.481 e. The molecule has 0 radical (unpaired) electrons. The maximum Gasteiger partial charge on any atom is 0.325 e. The van der Waals surface area contributed by atoms with Crippen LogP contribution in [0.3, 0.4) is 0 Å². The minimum atomic E-state index is -1.23. The van der Waals surface area contributed by atoms with Crippen LogP contribution in [0.5, 0.6) is 0 Å². The van der Waals surface area contributed by atoms with Gasteiger partial charge in [0.25, 0.3) is 0 Å². The Labute approximate surface area is 186 Å². The molecule has 0 bridgehead atoms. The summed E-state index contributed by atoms with van der Waals surface area (Å²) in [5, 5.41) is 25.3. The van der Waals surface area contributed by atoms with Crippen LogP contribution in [-0.2, 0) is 24.0 Å². The molecule has 0 heterocycles. The summed E-state index contributed by atoms with van der Waals surface area (Å²) in [7, 11) is 0. The number of carboxylic acid groups (broad SMARTS) is 2. The Kier molecular flexibility index (Phi) is 13.5. The van der Waals surface area contributed by atoms with Crippen LogP contribution in [0.25, 0.3) is 0 Å². The van der Waals surface area contributed by atoms with Crippen LogP contribution in [0.1, 0.15) is 46.5 Å². The maximum absolute atomic E-state index is 12.8. The molecule has 178 valence electrons. The first-order chi connectivity index (χ1) is 14.4. The highest BCUT2D eigenvalue weighted by Gasteiger charge is 2.32. The molecule has 0 aromatic carbocycles. The first-order valence-electron chi connectivity index (χ1n) is 10.0. The van der Waals surface area contributed by atoms with E-state index in [1.165, 1.54) is 18.7 Å². The number of thioether (sulfide) groups is 1. The molecular weight excluding hydrogens is 428 g/mol. The molecule has 0 aliphatic heterocycles. The van der Waals surface area contributed by atoms with Crippen LogP contribution in [0.4, 0.5) is 0 Å². The Hall–Kier alpha value is -2.34. The van der Waals surface area contributed by atoms with Gasteiger partial charge in [-0.2, -0.15) is 11.8 Å². The molecule has 5 unspecified atom stereocenters. The molecular formula is C19H34N4O7S. The van der Waals surface area contributed by atoms with E-state index < -0.39 is 53.8 Å². The van der Waals surface area contributed by atoms with E-state index in [1.54, 1.807) is 13.8 Å². The van der Waals surface area contributed by atoms with Crippen LogP contribution in [0.2, 0.25) is 0 Å². The second-order valence-corrected chi connectivity index (χ2v) is 8.31. The number of hydrogen-bond donors (Lipinski definition) is 6. The van der Waals surface area contributed by atoms with E-state index in [0.717, 1.165) is 0 Å². The smallest absolute Gasteiger partial charge is 0.325 e. The summed E-state index contributed by atoms with van der Waals surface area (Å²) in [6.07, 6.45) is 2.17. The molecule has 0 fully saturated rings. The average molecular weight is 463 g/mol. The molecule has 11 nitrogen and oxygen atoms in total. The zero-order valence-electron chi connectivity index (χ0n) is 18.3. The van der Waals surface area contributed by atoms with Crippen molar-refractivity contribution in [3.05, 3.63) is 0 Å². The van der Waals surface area contributed by atoms with Gasteiger partial charge in [-0.15, -0.1) is 0 Å². The van der Waals surface area contributed by atoms with Gasteiger partial charge in [-0.25, -0.2) is 0 Å². The lowest BCUT2D eigenvalue weighted by atomic mass is 9.97. The minimum absolute atomic E-state index is 0.192. The van der Waals surface area contributed by atoms with Crippen molar-refractivity contribution in [2.45, 2.75) is 70.6 Å². The molecule has 0 aliphatic carbocycles. The van der Waals surface area contributed by atoms with E-state index in [9.17, 15) is 24.0 Å². The number of amides is 3. The van der Waals surface area contributed by atoms with Crippen molar-refractivity contribution in [1.29, 1.82) is 0 Å². The molecule has 5 atom stereocenters. The third-order valence-corrected chi connectivity index (χ3v) is 5.42. The standard InChI is InChI=1S/C19H34N4O7S/c1-5-10(2)15(18(28)21-11(3)19(29)30)23-17(27)13(6-7-14(24)25)22-16(26)12(20)8-9-31-4/h10-13,15H,5-9,20H2,1-4H3,(H,21,28)(H,22,26)(H,23,27)(H,24,25)(H,29,30).